The van der Waals surface area contributed by atoms with Crippen molar-refractivity contribution in [2.24, 2.45) is 0 Å². The highest BCUT2D eigenvalue weighted by molar-refractivity contribution is 5.71. The number of hydrogen-bond acceptors (Lipinski definition) is 5. The summed E-state index contributed by atoms with van der Waals surface area (Å²) in [6.07, 6.45) is -0.622. The monoisotopic (exact) mass is 281 g/mol. The van der Waals surface area contributed by atoms with Gasteiger partial charge in [-0.1, -0.05) is 37.3 Å². The fraction of sp³-hybridized carbons (Fsp3) is 0.533. The van der Waals surface area contributed by atoms with E-state index in [-0.39, 0.29) is 19.1 Å². The van der Waals surface area contributed by atoms with Crippen LogP contribution in [0.2, 0.25) is 0 Å². The molecule has 0 fully saturated rings. The molecule has 0 saturated carbocycles. The van der Waals surface area contributed by atoms with Crippen molar-refractivity contribution in [3.05, 3.63) is 35.9 Å². The van der Waals surface area contributed by atoms with Crippen LogP contribution < -0.4 is 0 Å². The van der Waals surface area contributed by atoms with Gasteiger partial charge in [-0.25, -0.2) is 0 Å². The SMILES string of the molecule is CCN(CC(=O)OC)CC(O)COCc1ccccc1. The fourth-order valence-electron chi connectivity index (χ4n) is 1.79. The van der Waals surface area contributed by atoms with Crippen molar-refractivity contribution >= 4 is 5.97 Å². The highest BCUT2D eigenvalue weighted by Gasteiger charge is 2.14. The molecule has 0 spiro atoms. The molecule has 5 nitrogen and oxygen atoms in total. The molecule has 0 radical (unpaired) electrons. The van der Waals surface area contributed by atoms with Crippen molar-refractivity contribution < 1.29 is 19.4 Å². The van der Waals surface area contributed by atoms with E-state index in [4.69, 9.17) is 4.74 Å². The number of carbonyl (C=O) groups excluding carboxylic acids is 1. The summed E-state index contributed by atoms with van der Waals surface area (Å²) in [7, 11) is 1.36. The third-order valence-electron chi connectivity index (χ3n) is 2.92. The average molecular weight is 281 g/mol. The lowest BCUT2D eigenvalue weighted by Gasteiger charge is -2.22. The maximum atomic E-state index is 11.2. The molecule has 20 heavy (non-hydrogen) atoms. The largest absolute Gasteiger partial charge is 0.468 e. The zero-order chi connectivity index (χ0) is 14.8. The van der Waals surface area contributed by atoms with Crippen LogP contribution in [0.25, 0.3) is 0 Å². The number of esters is 1. The van der Waals surface area contributed by atoms with Crippen LogP contribution in [0.4, 0.5) is 0 Å². The van der Waals surface area contributed by atoms with E-state index in [1.54, 1.807) is 0 Å². The number of nitrogens with zero attached hydrogens (tertiary/aromatic N) is 1. The van der Waals surface area contributed by atoms with E-state index in [1.165, 1.54) is 7.11 Å². The van der Waals surface area contributed by atoms with Crippen LogP contribution in [0.3, 0.4) is 0 Å². The first-order chi connectivity index (χ1) is 9.65. The van der Waals surface area contributed by atoms with Gasteiger partial charge in [0.1, 0.15) is 0 Å². The van der Waals surface area contributed by atoms with Crippen LogP contribution in [0.1, 0.15) is 12.5 Å². The number of carbonyl (C=O) groups is 1. The molecule has 1 N–H and O–H groups in total. The third-order valence-corrected chi connectivity index (χ3v) is 2.92. The first kappa shape index (κ1) is 16.6. The summed E-state index contributed by atoms with van der Waals surface area (Å²) < 4.78 is 10.1. The van der Waals surface area contributed by atoms with Gasteiger partial charge in [0.05, 0.1) is 33.0 Å². The van der Waals surface area contributed by atoms with E-state index >= 15 is 0 Å². The molecule has 1 unspecified atom stereocenters. The van der Waals surface area contributed by atoms with Gasteiger partial charge in [-0.2, -0.15) is 0 Å². The molecule has 1 rings (SSSR count). The molecule has 1 aromatic carbocycles. The number of likely N-dealkylation sites (N-methyl/N-ethyl adjacent to an activating group) is 1. The van der Waals surface area contributed by atoms with E-state index in [0.29, 0.717) is 19.7 Å². The molecule has 0 saturated heterocycles. The van der Waals surface area contributed by atoms with Crippen LogP contribution in [-0.4, -0.2) is 55.4 Å². The maximum absolute atomic E-state index is 11.2. The molecule has 0 aliphatic carbocycles. The Hall–Kier alpha value is -1.43. The second-order valence-corrected chi connectivity index (χ2v) is 4.56. The van der Waals surface area contributed by atoms with E-state index in [2.05, 4.69) is 4.74 Å². The van der Waals surface area contributed by atoms with Crippen LogP contribution in [-0.2, 0) is 20.9 Å². The first-order valence-electron chi connectivity index (χ1n) is 6.74. The van der Waals surface area contributed by atoms with E-state index in [1.807, 2.05) is 42.2 Å². The van der Waals surface area contributed by atoms with Crippen molar-refractivity contribution in [3.8, 4) is 0 Å². The van der Waals surface area contributed by atoms with Gasteiger partial charge in [0, 0.05) is 6.54 Å². The van der Waals surface area contributed by atoms with Gasteiger partial charge < -0.3 is 14.6 Å². The number of hydrogen-bond donors (Lipinski definition) is 1. The van der Waals surface area contributed by atoms with Gasteiger partial charge in [-0.15, -0.1) is 0 Å². The molecule has 0 amide bonds. The molecule has 0 heterocycles. The summed E-state index contributed by atoms with van der Waals surface area (Å²) >= 11 is 0. The Morgan fingerprint density at radius 2 is 2.05 bits per heavy atom. The van der Waals surface area contributed by atoms with E-state index < -0.39 is 6.10 Å². The summed E-state index contributed by atoms with van der Waals surface area (Å²) in [4.78, 5) is 13.0. The predicted molar refractivity (Wildman–Crippen MR) is 76.2 cm³/mol. The molecular formula is C15H23NO4. The smallest absolute Gasteiger partial charge is 0.319 e. The fourth-order valence-corrected chi connectivity index (χ4v) is 1.79. The maximum Gasteiger partial charge on any atom is 0.319 e. The number of aliphatic hydroxyl groups is 1. The zero-order valence-electron chi connectivity index (χ0n) is 12.1. The second-order valence-electron chi connectivity index (χ2n) is 4.56. The normalized spacial score (nSPS) is 12.4. The Morgan fingerprint density at radius 3 is 2.65 bits per heavy atom. The molecule has 5 heteroatoms. The summed E-state index contributed by atoms with van der Waals surface area (Å²) in [6.45, 7) is 3.89. The van der Waals surface area contributed by atoms with Gasteiger partial charge in [0.2, 0.25) is 0 Å². The molecular weight excluding hydrogens is 258 g/mol. The predicted octanol–water partition coefficient (Wildman–Crippen LogP) is 1.06. The minimum Gasteiger partial charge on any atom is -0.468 e. The van der Waals surface area contributed by atoms with Crippen molar-refractivity contribution in [1.82, 2.24) is 4.90 Å². The molecule has 1 aromatic rings. The lowest BCUT2D eigenvalue weighted by atomic mass is 10.2. The van der Waals surface area contributed by atoms with Gasteiger partial charge in [0.25, 0.3) is 0 Å². The topological polar surface area (TPSA) is 59.0 Å². The number of aliphatic hydroxyl groups excluding tert-OH is 1. The second kappa shape index (κ2) is 9.47. The highest BCUT2D eigenvalue weighted by atomic mass is 16.5. The molecule has 0 aliphatic heterocycles. The Morgan fingerprint density at radius 1 is 1.35 bits per heavy atom. The van der Waals surface area contributed by atoms with E-state index in [0.717, 1.165) is 5.56 Å². The Bertz CT molecular complexity index is 383. The van der Waals surface area contributed by atoms with E-state index in [9.17, 15) is 9.90 Å². The summed E-state index contributed by atoms with van der Waals surface area (Å²) in [5.74, 6) is -0.302. The zero-order valence-corrected chi connectivity index (χ0v) is 12.1. The lowest BCUT2D eigenvalue weighted by molar-refractivity contribution is -0.142. The summed E-state index contributed by atoms with van der Waals surface area (Å²) in [5, 5.41) is 9.90. The lowest BCUT2D eigenvalue weighted by Crippen LogP contribution is -2.38. The number of benzene rings is 1. The highest BCUT2D eigenvalue weighted by Crippen LogP contribution is 2.02. The number of methoxy groups -OCH3 is 1. The third kappa shape index (κ3) is 6.65. The van der Waals surface area contributed by atoms with Gasteiger partial charge in [-0.05, 0) is 12.1 Å². The number of ether oxygens (including phenoxy) is 2. The number of rotatable bonds is 9. The van der Waals surface area contributed by atoms with Crippen molar-refractivity contribution in [2.45, 2.75) is 19.6 Å². The molecule has 0 bridgehead atoms. The molecule has 0 aromatic heterocycles. The molecule has 1 atom stereocenters. The quantitative estimate of drug-likeness (QED) is 0.686. The van der Waals surface area contributed by atoms with Gasteiger partial charge in [-0.3, -0.25) is 9.69 Å². The first-order valence-corrected chi connectivity index (χ1v) is 6.74. The minimum atomic E-state index is -0.622. The van der Waals surface area contributed by atoms with Crippen LogP contribution in [0.15, 0.2) is 30.3 Å². The molecule has 0 aliphatic rings. The van der Waals surface area contributed by atoms with Crippen molar-refractivity contribution in [3.63, 3.8) is 0 Å². The minimum absolute atomic E-state index is 0.183. The van der Waals surface area contributed by atoms with Crippen LogP contribution >= 0.6 is 0 Å². The van der Waals surface area contributed by atoms with Crippen LogP contribution in [0.5, 0.6) is 0 Å². The summed E-state index contributed by atoms with van der Waals surface area (Å²) in [6, 6.07) is 9.79. The Kier molecular flexibility index (Phi) is 7.87. The molecule has 112 valence electrons. The Balaban J connectivity index is 2.24. The summed E-state index contributed by atoms with van der Waals surface area (Å²) in [5.41, 5.74) is 1.07. The Labute approximate surface area is 120 Å². The average Bonchev–Trinajstić information content (AvgIpc) is 2.47. The van der Waals surface area contributed by atoms with Crippen molar-refractivity contribution in [1.29, 1.82) is 0 Å². The van der Waals surface area contributed by atoms with Crippen LogP contribution in [0, 0.1) is 0 Å². The van der Waals surface area contributed by atoms with Crippen molar-refractivity contribution in [2.75, 3.05) is 33.4 Å². The van der Waals surface area contributed by atoms with Gasteiger partial charge in [0.15, 0.2) is 0 Å². The standard InChI is InChI=1S/C15H23NO4/c1-3-16(10-15(18)19-2)9-14(17)12-20-11-13-7-5-4-6-8-13/h4-8,14,17H,3,9-12H2,1-2H3. The van der Waals surface area contributed by atoms with Gasteiger partial charge >= 0.3 is 5.97 Å².